The van der Waals surface area contributed by atoms with Gasteiger partial charge in [-0.1, -0.05) is 11.6 Å². The van der Waals surface area contributed by atoms with Gasteiger partial charge in [-0.2, -0.15) is 0 Å². The summed E-state index contributed by atoms with van der Waals surface area (Å²) in [5.74, 6) is -2.92. The molecule has 0 atom stereocenters. The van der Waals surface area contributed by atoms with E-state index in [2.05, 4.69) is 5.32 Å². The molecule has 6 heteroatoms. The van der Waals surface area contributed by atoms with Gasteiger partial charge in [-0.3, -0.25) is 0 Å². The Labute approximate surface area is 126 Å². The number of rotatable bonds is 4. The van der Waals surface area contributed by atoms with Crippen LogP contribution in [-0.2, 0) is 6.54 Å². The van der Waals surface area contributed by atoms with Crippen LogP contribution in [0.25, 0.3) is 0 Å². The van der Waals surface area contributed by atoms with E-state index in [0.29, 0.717) is 10.6 Å². The fourth-order valence-corrected chi connectivity index (χ4v) is 2.13. The fraction of sp³-hybridized carbons (Fsp3) is 0.200. The highest BCUT2D eigenvalue weighted by Gasteiger charge is 2.10. The second-order valence-corrected chi connectivity index (χ2v) is 5.25. The van der Waals surface area contributed by atoms with Gasteiger partial charge < -0.3 is 15.3 Å². The molecule has 0 amide bonds. The Kier molecular flexibility index (Phi) is 4.53. The number of hydrogen-bond acceptors (Lipinski definition) is 3. The van der Waals surface area contributed by atoms with Crippen molar-refractivity contribution in [1.29, 1.82) is 0 Å². The molecule has 21 heavy (non-hydrogen) atoms. The Morgan fingerprint density at radius 3 is 2.33 bits per heavy atom. The second-order valence-electron chi connectivity index (χ2n) is 4.82. The lowest BCUT2D eigenvalue weighted by atomic mass is 10.2. The van der Waals surface area contributed by atoms with E-state index >= 15 is 0 Å². The van der Waals surface area contributed by atoms with Gasteiger partial charge >= 0.3 is 0 Å². The summed E-state index contributed by atoms with van der Waals surface area (Å²) >= 11 is 5.96. The van der Waals surface area contributed by atoms with Crippen LogP contribution in [0.1, 0.15) is 5.56 Å². The first-order valence-electron chi connectivity index (χ1n) is 6.26. The van der Waals surface area contributed by atoms with Crippen LogP contribution in [-0.4, -0.2) is 19.2 Å². The molecular weight excluding hydrogens is 298 g/mol. The smallest absolute Gasteiger partial charge is 0.187 e. The molecule has 0 heterocycles. The van der Waals surface area contributed by atoms with E-state index in [1.807, 2.05) is 25.1 Å². The third-order valence-corrected chi connectivity index (χ3v) is 3.24. The monoisotopic (exact) mass is 312 g/mol. The third-order valence-electron chi connectivity index (χ3n) is 3.00. The summed E-state index contributed by atoms with van der Waals surface area (Å²) < 4.78 is 26.6. The SMILES string of the molecule is CN(C)c1ccc(Cl)cc1NCc1cc(F)c(O)c(F)c1. The molecule has 0 radical (unpaired) electrons. The van der Waals surface area contributed by atoms with E-state index in [-0.39, 0.29) is 6.54 Å². The molecule has 0 fully saturated rings. The van der Waals surface area contributed by atoms with Gasteiger partial charge in [0.1, 0.15) is 0 Å². The number of benzene rings is 2. The molecule has 0 aromatic heterocycles. The van der Waals surface area contributed by atoms with Crippen LogP contribution in [0.2, 0.25) is 5.02 Å². The van der Waals surface area contributed by atoms with Crippen molar-refractivity contribution < 1.29 is 13.9 Å². The van der Waals surface area contributed by atoms with Crippen molar-refractivity contribution in [2.45, 2.75) is 6.54 Å². The predicted molar refractivity (Wildman–Crippen MR) is 81.1 cm³/mol. The molecule has 0 aliphatic heterocycles. The van der Waals surface area contributed by atoms with Crippen LogP contribution in [0.5, 0.6) is 5.75 Å². The molecular formula is C15H15ClF2N2O. The summed E-state index contributed by atoms with van der Waals surface area (Å²) in [5, 5.41) is 12.7. The van der Waals surface area contributed by atoms with Crippen molar-refractivity contribution in [3.8, 4) is 5.75 Å². The van der Waals surface area contributed by atoms with E-state index < -0.39 is 17.4 Å². The van der Waals surface area contributed by atoms with Gasteiger partial charge in [-0.05, 0) is 35.9 Å². The minimum atomic E-state index is -0.981. The number of anilines is 2. The van der Waals surface area contributed by atoms with Crippen molar-refractivity contribution in [2.24, 2.45) is 0 Å². The van der Waals surface area contributed by atoms with Crippen molar-refractivity contribution in [3.63, 3.8) is 0 Å². The van der Waals surface area contributed by atoms with Crippen molar-refractivity contribution >= 4 is 23.0 Å². The Morgan fingerprint density at radius 2 is 1.76 bits per heavy atom. The average molecular weight is 313 g/mol. The second kappa shape index (κ2) is 6.18. The average Bonchev–Trinajstić information content (AvgIpc) is 2.42. The molecule has 3 nitrogen and oxygen atoms in total. The van der Waals surface area contributed by atoms with Gasteiger partial charge in [0.05, 0.1) is 11.4 Å². The molecule has 0 unspecified atom stereocenters. The maximum absolute atomic E-state index is 13.3. The lowest BCUT2D eigenvalue weighted by molar-refractivity contribution is 0.395. The Hall–Kier alpha value is -2.01. The fourth-order valence-electron chi connectivity index (χ4n) is 1.96. The number of halogens is 3. The summed E-state index contributed by atoms with van der Waals surface area (Å²) in [6.45, 7) is 0.204. The summed E-state index contributed by atoms with van der Waals surface area (Å²) in [6.07, 6.45) is 0. The van der Waals surface area contributed by atoms with Crippen LogP contribution in [0.15, 0.2) is 30.3 Å². The first-order valence-corrected chi connectivity index (χ1v) is 6.64. The van der Waals surface area contributed by atoms with Crippen LogP contribution in [0, 0.1) is 11.6 Å². The first-order chi connectivity index (χ1) is 9.88. The number of nitrogens with zero attached hydrogens (tertiary/aromatic N) is 1. The number of phenols is 1. The minimum Gasteiger partial charge on any atom is -0.503 e. The van der Waals surface area contributed by atoms with Gasteiger partial charge in [0.2, 0.25) is 0 Å². The highest BCUT2D eigenvalue weighted by Crippen LogP contribution is 2.29. The zero-order valence-corrected chi connectivity index (χ0v) is 12.4. The zero-order valence-electron chi connectivity index (χ0n) is 11.6. The lowest BCUT2D eigenvalue weighted by Gasteiger charge is -2.19. The number of aromatic hydroxyl groups is 1. The van der Waals surface area contributed by atoms with E-state index in [1.165, 1.54) is 0 Å². The molecule has 0 aliphatic rings. The summed E-state index contributed by atoms with van der Waals surface area (Å²) in [4.78, 5) is 1.90. The highest BCUT2D eigenvalue weighted by atomic mass is 35.5. The Morgan fingerprint density at radius 1 is 1.14 bits per heavy atom. The molecule has 2 N–H and O–H groups in total. The van der Waals surface area contributed by atoms with E-state index in [9.17, 15) is 8.78 Å². The molecule has 2 rings (SSSR count). The van der Waals surface area contributed by atoms with Gasteiger partial charge in [-0.25, -0.2) is 8.78 Å². The van der Waals surface area contributed by atoms with Gasteiger partial charge in [-0.15, -0.1) is 0 Å². The topological polar surface area (TPSA) is 35.5 Å². The standard InChI is InChI=1S/C15H15ClF2N2O/c1-20(2)14-4-3-10(16)7-13(14)19-8-9-5-11(17)15(21)12(18)6-9/h3-7,19,21H,8H2,1-2H3. The van der Waals surface area contributed by atoms with Crippen LogP contribution >= 0.6 is 11.6 Å². The van der Waals surface area contributed by atoms with Crippen LogP contribution in [0.3, 0.4) is 0 Å². The van der Waals surface area contributed by atoms with Crippen LogP contribution in [0.4, 0.5) is 20.2 Å². The Balaban J connectivity index is 2.22. The molecule has 2 aromatic rings. The minimum absolute atomic E-state index is 0.204. The normalized spacial score (nSPS) is 10.5. The summed E-state index contributed by atoms with van der Waals surface area (Å²) in [6, 6.07) is 7.53. The van der Waals surface area contributed by atoms with Gasteiger partial charge in [0, 0.05) is 25.7 Å². The molecule has 0 spiro atoms. The molecule has 2 aromatic carbocycles. The number of hydrogen-bond donors (Lipinski definition) is 2. The maximum atomic E-state index is 13.3. The quantitative estimate of drug-likeness (QED) is 0.895. The van der Waals surface area contributed by atoms with E-state index in [4.69, 9.17) is 16.7 Å². The number of phenolic OH excluding ortho intramolecular Hbond substituents is 1. The van der Waals surface area contributed by atoms with Crippen LogP contribution < -0.4 is 10.2 Å². The highest BCUT2D eigenvalue weighted by molar-refractivity contribution is 6.31. The summed E-state index contributed by atoms with van der Waals surface area (Å²) in [7, 11) is 3.77. The molecule has 112 valence electrons. The van der Waals surface area contributed by atoms with Gasteiger partial charge in [0.25, 0.3) is 0 Å². The van der Waals surface area contributed by atoms with Crippen molar-refractivity contribution in [1.82, 2.24) is 0 Å². The maximum Gasteiger partial charge on any atom is 0.187 e. The molecule has 0 aliphatic carbocycles. The van der Waals surface area contributed by atoms with E-state index in [1.54, 1.807) is 12.1 Å². The first kappa shape index (κ1) is 15.4. The van der Waals surface area contributed by atoms with Crippen molar-refractivity contribution in [2.75, 3.05) is 24.3 Å². The predicted octanol–water partition coefficient (Wildman–Crippen LogP) is 4.00. The number of nitrogens with one attached hydrogen (secondary N) is 1. The third kappa shape index (κ3) is 3.55. The van der Waals surface area contributed by atoms with Crippen molar-refractivity contribution in [3.05, 3.63) is 52.6 Å². The summed E-state index contributed by atoms with van der Waals surface area (Å²) in [5.41, 5.74) is 2.04. The Bertz CT molecular complexity index is 639. The largest absolute Gasteiger partial charge is 0.503 e. The van der Waals surface area contributed by atoms with E-state index in [0.717, 1.165) is 23.5 Å². The lowest BCUT2D eigenvalue weighted by Crippen LogP contribution is -2.12. The zero-order chi connectivity index (χ0) is 15.6. The molecule has 0 bridgehead atoms. The molecule has 0 saturated carbocycles. The molecule has 0 saturated heterocycles. The van der Waals surface area contributed by atoms with Gasteiger partial charge in [0.15, 0.2) is 17.4 Å².